The third-order valence-corrected chi connectivity index (χ3v) is 3.85. The first-order chi connectivity index (χ1) is 8.49. The predicted octanol–water partition coefficient (Wildman–Crippen LogP) is 3.01. The highest BCUT2D eigenvalue weighted by Gasteiger charge is 2.30. The van der Waals surface area contributed by atoms with E-state index in [2.05, 4.69) is 15.9 Å². The van der Waals surface area contributed by atoms with E-state index in [0.717, 1.165) is 6.42 Å². The van der Waals surface area contributed by atoms with Crippen molar-refractivity contribution in [2.24, 2.45) is 11.1 Å². The van der Waals surface area contributed by atoms with Gasteiger partial charge in [0, 0.05) is 17.5 Å². The van der Waals surface area contributed by atoms with E-state index in [0.29, 0.717) is 6.42 Å². The summed E-state index contributed by atoms with van der Waals surface area (Å²) in [5.41, 5.74) is 5.00. The van der Waals surface area contributed by atoms with Crippen LogP contribution in [0, 0.1) is 17.0 Å². The fraction of sp³-hybridized carbons (Fsp3) is 0.538. The standard InChI is InChI=1S/C13H18BrF2NO/c1-2-5-13(7-17,8-18)6-9-11(15)4-3-10(14)12(9)16/h3-4,18H,2,5-8,17H2,1H3. The number of nitrogens with two attached hydrogens (primary N) is 1. The Morgan fingerprint density at radius 3 is 2.56 bits per heavy atom. The Morgan fingerprint density at radius 2 is 2.06 bits per heavy atom. The quantitative estimate of drug-likeness (QED) is 0.791. The van der Waals surface area contributed by atoms with Gasteiger partial charge < -0.3 is 10.8 Å². The molecule has 0 saturated carbocycles. The van der Waals surface area contributed by atoms with Crippen LogP contribution in [0.4, 0.5) is 8.78 Å². The molecule has 0 aliphatic carbocycles. The fourth-order valence-corrected chi connectivity index (χ4v) is 2.47. The minimum atomic E-state index is -0.656. The second-order valence-corrected chi connectivity index (χ2v) is 5.47. The summed E-state index contributed by atoms with van der Waals surface area (Å²) in [5.74, 6) is -1.21. The van der Waals surface area contributed by atoms with E-state index in [9.17, 15) is 13.9 Å². The van der Waals surface area contributed by atoms with Crippen LogP contribution in [0.3, 0.4) is 0 Å². The molecule has 0 fully saturated rings. The maximum absolute atomic E-state index is 13.9. The topological polar surface area (TPSA) is 46.2 Å². The average Bonchev–Trinajstić information content (AvgIpc) is 2.38. The van der Waals surface area contributed by atoms with Crippen LogP contribution in [0.1, 0.15) is 25.3 Å². The number of hydrogen-bond acceptors (Lipinski definition) is 2. The molecule has 0 aliphatic rings. The Morgan fingerprint density at radius 1 is 1.39 bits per heavy atom. The highest BCUT2D eigenvalue weighted by atomic mass is 79.9. The van der Waals surface area contributed by atoms with Gasteiger partial charge in [-0.05, 0) is 40.9 Å². The van der Waals surface area contributed by atoms with E-state index in [1.165, 1.54) is 12.1 Å². The van der Waals surface area contributed by atoms with Gasteiger partial charge in [-0.1, -0.05) is 13.3 Å². The number of halogens is 3. The molecule has 0 saturated heterocycles. The van der Waals surface area contributed by atoms with Gasteiger partial charge >= 0.3 is 0 Å². The van der Waals surface area contributed by atoms with Crippen molar-refractivity contribution >= 4 is 15.9 Å². The van der Waals surface area contributed by atoms with E-state index in [4.69, 9.17) is 5.73 Å². The Bertz CT molecular complexity index is 408. The molecule has 1 aromatic rings. The van der Waals surface area contributed by atoms with Crippen molar-refractivity contribution in [2.75, 3.05) is 13.2 Å². The largest absolute Gasteiger partial charge is 0.396 e. The van der Waals surface area contributed by atoms with Crippen LogP contribution in [-0.4, -0.2) is 18.3 Å². The molecule has 1 aromatic carbocycles. The highest BCUT2D eigenvalue weighted by Crippen LogP contribution is 2.31. The summed E-state index contributed by atoms with van der Waals surface area (Å²) in [6.45, 7) is 1.97. The van der Waals surface area contributed by atoms with Crippen LogP contribution < -0.4 is 5.73 Å². The second kappa shape index (κ2) is 6.59. The smallest absolute Gasteiger partial charge is 0.143 e. The Kier molecular flexibility index (Phi) is 5.69. The molecule has 0 amide bonds. The predicted molar refractivity (Wildman–Crippen MR) is 71.2 cm³/mol. The number of benzene rings is 1. The van der Waals surface area contributed by atoms with Gasteiger partial charge in [-0.25, -0.2) is 8.78 Å². The van der Waals surface area contributed by atoms with Crippen LogP contribution in [0.15, 0.2) is 16.6 Å². The van der Waals surface area contributed by atoms with Gasteiger partial charge in [0.05, 0.1) is 11.1 Å². The van der Waals surface area contributed by atoms with Crippen LogP contribution in [-0.2, 0) is 6.42 Å². The Balaban J connectivity index is 3.11. The van der Waals surface area contributed by atoms with Gasteiger partial charge in [-0.3, -0.25) is 0 Å². The van der Waals surface area contributed by atoms with E-state index in [1.54, 1.807) is 0 Å². The zero-order chi connectivity index (χ0) is 13.8. The van der Waals surface area contributed by atoms with E-state index < -0.39 is 17.0 Å². The molecule has 1 unspecified atom stereocenters. The third-order valence-electron chi connectivity index (χ3n) is 3.24. The lowest BCUT2D eigenvalue weighted by atomic mass is 9.78. The summed E-state index contributed by atoms with van der Waals surface area (Å²) < 4.78 is 27.8. The van der Waals surface area contributed by atoms with Crippen molar-refractivity contribution in [1.82, 2.24) is 0 Å². The van der Waals surface area contributed by atoms with Gasteiger partial charge in [0.25, 0.3) is 0 Å². The lowest BCUT2D eigenvalue weighted by Crippen LogP contribution is -2.37. The molecule has 0 heterocycles. The first-order valence-corrected chi connectivity index (χ1v) is 6.72. The van der Waals surface area contributed by atoms with E-state index >= 15 is 0 Å². The maximum atomic E-state index is 13.9. The molecule has 102 valence electrons. The van der Waals surface area contributed by atoms with Gasteiger partial charge in [-0.2, -0.15) is 0 Å². The summed E-state index contributed by atoms with van der Waals surface area (Å²) in [4.78, 5) is 0. The zero-order valence-electron chi connectivity index (χ0n) is 10.3. The molecular weight excluding hydrogens is 304 g/mol. The summed E-state index contributed by atoms with van der Waals surface area (Å²) in [5, 5.41) is 9.48. The minimum Gasteiger partial charge on any atom is -0.396 e. The minimum absolute atomic E-state index is 0.0164. The van der Waals surface area contributed by atoms with Crippen molar-refractivity contribution in [2.45, 2.75) is 26.2 Å². The molecule has 1 atom stereocenters. The normalized spacial score (nSPS) is 14.6. The van der Waals surface area contributed by atoms with E-state index in [1.807, 2.05) is 6.92 Å². The molecule has 0 radical (unpaired) electrons. The van der Waals surface area contributed by atoms with Crippen LogP contribution in [0.2, 0.25) is 0 Å². The number of aliphatic hydroxyl groups excluding tert-OH is 1. The van der Waals surface area contributed by atoms with Crippen molar-refractivity contribution in [3.8, 4) is 0 Å². The SMILES string of the molecule is CCCC(CN)(CO)Cc1c(F)ccc(Br)c1F. The van der Waals surface area contributed by atoms with Gasteiger partial charge in [0.2, 0.25) is 0 Å². The molecule has 0 aromatic heterocycles. The van der Waals surface area contributed by atoms with Crippen LogP contribution in [0.5, 0.6) is 0 Å². The summed E-state index contributed by atoms with van der Waals surface area (Å²) >= 11 is 3.04. The van der Waals surface area contributed by atoms with Crippen LogP contribution >= 0.6 is 15.9 Å². The summed E-state index contributed by atoms with van der Waals surface area (Å²) in [6, 6.07) is 2.55. The van der Waals surface area contributed by atoms with Gasteiger partial charge in [0.1, 0.15) is 11.6 Å². The Labute approximate surface area is 114 Å². The van der Waals surface area contributed by atoms with Crippen LogP contribution in [0.25, 0.3) is 0 Å². The molecule has 5 heteroatoms. The van der Waals surface area contributed by atoms with Crippen molar-refractivity contribution in [3.05, 3.63) is 33.8 Å². The molecule has 18 heavy (non-hydrogen) atoms. The number of hydrogen-bond donors (Lipinski definition) is 2. The zero-order valence-corrected chi connectivity index (χ0v) is 11.9. The first-order valence-electron chi connectivity index (χ1n) is 5.93. The average molecular weight is 322 g/mol. The second-order valence-electron chi connectivity index (χ2n) is 4.61. The molecule has 0 spiro atoms. The third kappa shape index (κ3) is 3.28. The fourth-order valence-electron chi connectivity index (χ4n) is 2.10. The monoisotopic (exact) mass is 321 g/mol. The number of aliphatic hydroxyl groups is 1. The molecule has 0 aliphatic heterocycles. The number of rotatable bonds is 6. The van der Waals surface area contributed by atoms with Gasteiger partial charge in [-0.15, -0.1) is 0 Å². The maximum Gasteiger partial charge on any atom is 0.143 e. The molecular formula is C13H18BrF2NO. The van der Waals surface area contributed by atoms with Gasteiger partial charge in [0.15, 0.2) is 0 Å². The van der Waals surface area contributed by atoms with Crippen molar-refractivity contribution < 1.29 is 13.9 Å². The molecule has 3 N–H and O–H groups in total. The first kappa shape index (κ1) is 15.5. The molecule has 1 rings (SSSR count). The lowest BCUT2D eigenvalue weighted by molar-refractivity contribution is 0.119. The van der Waals surface area contributed by atoms with Crippen molar-refractivity contribution in [1.29, 1.82) is 0 Å². The molecule has 2 nitrogen and oxygen atoms in total. The van der Waals surface area contributed by atoms with E-state index in [-0.39, 0.29) is 29.6 Å². The Hall–Kier alpha value is -0.520. The summed E-state index contributed by atoms with van der Waals surface area (Å²) in [6.07, 6.45) is 1.53. The van der Waals surface area contributed by atoms with Crippen molar-refractivity contribution in [3.63, 3.8) is 0 Å². The summed E-state index contributed by atoms with van der Waals surface area (Å²) in [7, 11) is 0. The lowest BCUT2D eigenvalue weighted by Gasteiger charge is -2.30. The molecule has 0 bridgehead atoms. The highest BCUT2D eigenvalue weighted by molar-refractivity contribution is 9.10.